The van der Waals surface area contributed by atoms with Gasteiger partial charge in [-0.15, -0.1) is 0 Å². The van der Waals surface area contributed by atoms with Crippen LogP contribution in [-0.2, 0) is 4.79 Å². The van der Waals surface area contributed by atoms with Gasteiger partial charge in [0.2, 0.25) is 0 Å². The molecular formula is C11H19F3N2O4. The fraction of sp³-hybridized carbons (Fsp3) is 0.818. The molecule has 0 heterocycles. The normalized spacial score (nSPS) is 14.5. The maximum absolute atomic E-state index is 12.3. The number of carbonyl (C=O) groups is 2. The number of carbonyl (C=O) groups excluding carboxylic acids is 1. The molecule has 0 aromatic heterocycles. The summed E-state index contributed by atoms with van der Waals surface area (Å²) >= 11 is 0. The average Bonchev–Trinajstić information content (AvgIpc) is 2.32. The van der Waals surface area contributed by atoms with Crippen molar-refractivity contribution >= 4 is 12.0 Å². The van der Waals surface area contributed by atoms with E-state index in [4.69, 9.17) is 10.2 Å². The Morgan fingerprint density at radius 3 is 2.25 bits per heavy atom. The lowest BCUT2D eigenvalue weighted by molar-refractivity contribution is -0.142. The van der Waals surface area contributed by atoms with Crippen LogP contribution in [-0.4, -0.2) is 59.0 Å². The molecule has 0 saturated carbocycles. The lowest BCUT2D eigenvalue weighted by atomic mass is 9.99. The van der Waals surface area contributed by atoms with Crippen LogP contribution in [0.15, 0.2) is 0 Å². The molecule has 0 saturated heterocycles. The Morgan fingerprint density at radius 1 is 1.35 bits per heavy atom. The van der Waals surface area contributed by atoms with Crippen molar-refractivity contribution in [3.63, 3.8) is 0 Å². The van der Waals surface area contributed by atoms with Crippen LogP contribution in [0.2, 0.25) is 0 Å². The number of amides is 2. The van der Waals surface area contributed by atoms with Gasteiger partial charge in [-0.1, -0.05) is 20.3 Å². The summed E-state index contributed by atoms with van der Waals surface area (Å²) in [7, 11) is 0. The fourth-order valence-corrected chi connectivity index (χ4v) is 1.50. The van der Waals surface area contributed by atoms with E-state index in [1.54, 1.807) is 13.8 Å². The lowest BCUT2D eigenvalue weighted by Crippen LogP contribution is -2.53. The van der Waals surface area contributed by atoms with Gasteiger partial charge in [0, 0.05) is 6.54 Å². The molecule has 2 amide bonds. The number of nitrogens with zero attached hydrogens (tertiary/aromatic N) is 1. The monoisotopic (exact) mass is 300 g/mol. The maximum atomic E-state index is 12.3. The third-order valence-electron chi connectivity index (χ3n) is 2.79. The summed E-state index contributed by atoms with van der Waals surface area (Å²) in [6, 6.07) is -2.44. The summed E-state index contributed by atoms with van der Waals surface area (Å²) in [5, 5.41) is 19.7. The second-order valence-corrected chi connectivity index (χ2v) is 4.41. The van der Waals surface area contributed by atoms with E-state index in [9.17, 15) is 22.8 Å². The Kier molecular flexibility index (Phi) is 7.33. The van der Waals surface area contributed by atoms with E-state index in [0.717, 1.165) is 0 Å². The van der Waals surface area contributed by atoms with Crippen LogP contribution in [0, 0.1) is 5.92 Å². The van der Waals surface area contributed by atoms with Gasteiger partial charge in [0.15, 0.2) is 0 Å². The molecule has 118 valence electrons. The van der Waals surface area contributed by atoms with Crippen molar-refractivity contribution in [3.05, 3.63) is 0 Å². The number of carboxylic acid groups (broad SMARTS) is 1. The second-order valence-electron chi connectivity index (χ2n) is 4.41. The minimum Gasteiger partial charge on any atom is -0.480 e. The van der Waals surface area contributed by atoms with Crippen LogP contribution in [0.4, 0.5) is 18.0 Å². The summed E-state index contributed by atoms with van der Waals surface area (Å²) in [5.41, 5.74) is 0. The number of aliphatic hydroxyl groups is 1. The minimum atomic E-state index is -4.62. The molecule has 0 aliphatic carbocycles. The SMILES string of the molecule is CCC(C)[C@H](NC(=O)N(CCO)CC(F)(F)F)C(=O)O. The third kappa shape index (κ3) is 6.60. The highest BCUT2D eigenvalue weighted by Gasteiger charge is 2.34. The fourth-order valence-electron chi connectivity index (χ4n) is 1.50. The molecule has 3 N–H and O–H groups in total. The van der Waals surface area contributed by atoms with Gasteiger partial charge in [-0.3, -0.25) is 0 Å². The van der Waals surface area contributed by atoms with Gasteiger partial charge >= 0.3 is 18.2 Å². The zero-order chi connectivity index (χ0) is 15.9. The standard InChI is InChI=1S/C11H19F3N2O4/c1-3-7(2)8(9(18)19)15-10(20)16(4-5-17)6-11(12,13)14/h7-8,17H,3-6H2,1-2H3,(H,15,20)(H,18,19)/t7?,8-/m0/s1. The molecule has 0 aromatic carbocycles. The second kappa shape index (κ2) is 7.93. The molecular weight excluding hydrogens is 281 g/mol. The first-order chi connectivity index (χ1) is 9.12. The Hall–Kier alpha value is -1.51. The molecule has 20 heavy (non-hydrogen) atoms. The molecule has 0 bridgehead atoms. The summed E-state index contributed by atoms with van der Waals surface area (Å²) < 4.78 is 36.9. The predicted molar refractivity (Wildman–Crippen MR) is 64.1 cm³/mol. The number of aliphatic hydroxyl groups excluding tert-OH is 1. The Bertz CT molecular complexity index is 336. The molecule has 0 fully saturated rings. The number of carboxylic acids is 1. The van der Waals surface area contributed by atoms with Crippen molar-refractivity contribution in [1.82, 2.24) is 10.2 Å². The van der Waals surface area contributed by atoms with E-state index in [2.05, 4.69) is 5.32 Å². The molecule has 0 radical (unpaired) electrons. The van der Waals surface area contributed by atoms with E-state index < -0.39 is 49.8 Å². The van der Waals surface area contributed by atoms with Crippen LogP contribution in [0.25, 0.3) is 0 Å². The molecule has 0 aliphatic heterocycles. The molecule has 6 nitrogen and oxygen atoms in total. The third-order valence-corrected chi connectivity index (χ3v) is 2.79. The predicted octanol–water partition coefficient (Wildman–Crippen LogP) is 1.05. The van der Waals surface area contributed by atoms with Crippen LogP contribution in [0.3, 0.4) is 0 Å². The lowest BCUT2D eigenvalue weighted by Gasteiger charge is -2.27. The zero-order valence-electron chi connectivity index (χ0n) is 11.3. The Morgan fingerprint density at radius 2 is 1.90 bits per heavy atom. The number of hydrogen-bond acceptors (Lipinski definition) is 3. The van der Waals surface area contributed by atoms with Crippen molar-refractivity contribution in [3.8, 4) is 0 Å². The van der Waals surface area contributed by atoms with E-state index in [1.807, 2.05) is 0 Å². The number of hydrogen-bond donors (Lipinski definition) is 3. The molecule has 0 aromatic rings. The van der Waals surface area contributed by atoms with Gasteiger partial charge < -0.3 is 20.4 Å². The first-order valence-corrected chi connectivity index (χ1v) is 6.08. The van der Waals surface area contributed by atoms with Gasteiger partial charge in [-0.05, 0) is 5.92 Å². The van der Waals surface area contributed by atoms with E-state index in [0.29, 0.717) is 11.3 Å². The van der Waals surface area contributed by atoms with Gasteiger partial charge in [-0.2, -0.15) is 13.2 Å². The number of urea groups is 1. The summed E-state index contributed by atoms with van der Waals surface area (Å²) in [4.78, 5) is 23.0. The molecule has 2 atom stereocenters. The van der Waals surface area contributed by atoms with E-state index in [-0.39, 0.29) is 0 Å². The Balaban J connectivity index is 4.84. The van der Waals surface area contributed by atoms with Crippen molar-refractivity contribution in [2.75, 3.05) is 19.7 Å². The van der Waals surface area contributed by atoms with Gasteiger partial charge in [0.25, 0.3) is 0 Å². The minimum absolute atomic E-state index is 0.332. The first kappa shape index (κ1) is 18.5. The quantitative estimate of drug-likeness (QED) is 0.655. The zero-order valence-corrected chi connectivity index (χ0v) is 11.3. The van der Waals surface area contributed by atoms with Gasteiger partial charge in [0.05, 0.1) is 6.61 Å². The smallest absolute Gasteiger partial charge is 0.406 e. The van der Waals surface area contributed by atoms with E-state index >= 15 is 0 Å². The van der Waals surface area contributed by atoms with Crippen molar-refractivity contribution in [1.29, 1.82) is 0 Å². The highest BCUT2D eigenvalue weighted by Crippen LogP contribution is 2.17. The number of aliphatic carboxylic acids is 1. The summed E-state index contributed by atoms with van der Waals surface area (Å²) in [5.74, 6) is -1.75. The number of alkyl halides is 3. The van der Waals surface area contributed by atoms with Gasteiger partial charge in [0.1, 0.15) is 12.6 Å². The van der Waals surface area contributed by atoms with E-state index in [1.165, 1.54) is 0 Å². The van der Waals surface area contributed by atoms with Crippen LogP contribution < -0.4 is 5.32 Å². The molecule has 1 unspecified atom stereocenters. The molecule has 0 aliphatic rings. The average molecular weight is 300 g/mol. The van der Waals surface area contributed by atoms with Crippen molar-refractivity contribution in [2.24, 2.45) is 5.92 Å². The van der Waals surface area contributed by atoms with Gasteiger partial charge in [-0.25, -0.2) is 9.59 Å². The van der Waals surface area contributed by atoms with Crippen LogP contribution in [0.1, 0.15) is 20.3 Å². The largest absolute Gasteiger partial charge is 0.480 e. The first-order valence-electron chi connectivity index (χ1n) is 6.08. The molecule has 9 heteroatoms. The van der Waals surface area contributed by atoms with Crippen molar-refractivity contribution in [2.45, 2.75) is 32.5 Å². The summed E-state index contributed by atoms with van der Waals surface area (Å²) in [6.45, 7) is 0.544. The highest BCUT2D eigenvalue weighted by atomic mass is 19.4. The van der Waals surface area contributed by atoms with Crippen LogP contribution >= 0.6 is 0 Å². The molecule has 0 spiro atoms. The number of rotatable bonds is 7. The molecule has 0 rings (SSSR count). The maximum Gasteiger partial charge on any atom is 0.406 e. The topological polar surface area (TPSA) is 89.9 Å². The number of halogens is 3. The summed E-state index contributed by atoms with van der Waals surface area (Å²) in [6.07, 6.45) is -4.18. The Labute approximate surface area is 114 Å². The van der Waals surface area contributed by atoms with Crippen molar-refractivity contribution < 1.29 is 33.0 Å². The van der Waals surface area contributed by atoms with Crippen LogP contribution in [0.5, 0.6) is 0 Å². The highest BCUT2D eigenvalue weighted by molar-refractivity contribution is 5.82. The number of nitrogens with one attached hydrogen (secondary N) is 1.